The summed E-state index contributed by atoms with van der Waals surface area (Å²) in [5.74, 6) is 0.179. The summed E-state index contributed by atoms with van der Waals surface area (Å²) in [5, 5.41) is 9.03. The van der Waals surface area contributed by atoms with Crippen molar-refractivity contribution < 1.29 is 8.42 Å². The van der Waals surface area contributed by atoms with E-state index in [2.05, 4.69) is 11.0 Å². The lowest BCUT2D eigenvalue weighted by molar-refractivity contribution is 0.137. The Morgan fingerprint density at radius 1 is 1.22 bits per heavy atom. The molecule has 2 fully saturated rings. The maximum atomic E-state index is 12.8. The van der Waals surface area contributed by atoms with Gasteiger partial charge >= 0.3 is 0 Å². The highest BCUT2D eigenvalue weighted by Crippen LogP contribution is 2.31. The molecule has 0 bridgehead atoms. The van der Waals surface area contributed by atoms with Gasteiger partial charge in [0.05, 0.1) is 11.0 Å². The Kier molecular flexibility index (Phi) is 4.79. The molecule has 2 heterocycles. The minimum absolute atomic E-state index is 0.179. The second-order valence-corrected chi connectivity index (χ2v) is 9.88. The number of sulfonamides is 1. The molecule has 0 N–H and O–H groups in total. The van der Waals surface area contributed by atoms with Crippen LogP contribution in [0.1, 0.15) is 29.0 Å². The fourth-order valence-corrected chi connectivity index (χ4v) is 6.66. The predicted molar refractivity (Wildman–Crippen MR) is 90.9 cm³/mol. The zero-order chi connectivity index (χ0) is 16.6. The van der Waals surface area contributed by atoms with E-state index < -0.39 is 10.0 Å². The lowest BCUT2D eigenvalue weighted by Gasteiger charge is -2.37. The molecule has 1 aliphatic carbocycles. The molecule has 0 unspecified atom stereocenters. The van der Waals surface area contributed by atoms with Crippen LogP contribution in [-0.4, -0.2) is 49.8 Å². The molecular formula is C16H23N3O2S2. The van der Waals surface area contributed by atoms with Crippen LogP contribution in [0.15, 0.2) is 11.0 Å². The summed E-state index contributed by atoms with van der Waals surface area (Å²) in [5.41, 5.74) is 0. The molecule has 1 aromatic heterocycles. The Bertz CT molecular complexity index is 712. The van der Waals surface area contributed by atoms with Crippen molar-refractivity contribution in [1.82, 2.24) is 9.21 Å². The summed E-state index contributed by atoms with van der Waals surface area (Å²) in [7, 11) is -3.37. The first-order valence-corrected chi connectivity index (χ1v) is 10.4. The number of thiophene rings is 1. The van der Waals surface area contributed by atoms with Crippen LogP contribution in [0.2, 0.25) is 0 Å². The fraction of sp³-hybridized carbons (Fsp3) is 0.688. The molecule has 0 aromatic carbocycles. The molecule has 1 saturated carbocycles. The van der Waals surface area contributed by atoms with Crippen LogP contribution in [0.25, 0.3) is 0 Å². The molecule has 3 rings (SSSR count). The smallest absolute Gasteiger partial charge is 0.244 e. The van der Waals surface area contributed by atoms with Crippen molar-refractivity contribution in [1.29, 1.82) is 5.26 Å². The van der Waals surface area contributed by atoms with E-state index in [4.69, 9.17) is 5.26 Å². The van der Waals surface area contributed by atoms with E-state index >= 15 is 0 Å². The van der Waals surface area contributed by atoms with Crippen molar-refractivity contribution in [2.75, 3.05) is 26.2 Å². The zero-order valence-corrected chi connectivity index (χ0v) is 15.3. The minimum Gasteiger partial charge on any atom is -0.298 e. The maximum Gasteiger partial charge on any atom is 0.244 e. The van der Waals surface area contributed by atoms with Gasteiger partial charge < -0.3 is 0 Å². The van der Waals surface area contributed by atoms with Crippen LogP contribution in [-0.2, 0) is 10.0 Å². The second-order valence-electron chi connectivity index (χ2n) is 6.51. The summed E-state index contributed by atoms with van der Waals surface area (Å²) in [4.78, 5) is 4.75. The van der Waals surface area contributed by atoms with E-state index in [9.17, 15) is 8.42 Å². The summed E-state index contributed by atoms with van der Waals surface area (Å²) < 4.78 is 27.3. The van der Waals surface area contributed by atoms with Crippen molar-refractivity contribution in [3.8, 4) is 6.07 Å². The summed E-state index contributed by atoms with van der Waals surface area (Å²) in [6.07, 6.45) is 2.98. The highest BCUT2D eigenvalue weighted by atomic mass is 32.2. The molecule has 1 aromatic rings. The molecular weight excluding hydrogens is 330 g/mol. The molecule has 0 radical (unpaired) electrons. The SMILES string of the molecule is Cc1cc(S(=O)(=O)N2CCN([C@@H]3CC[C@H](C#N)C3)CC2)c(C)s1. The normalized spacial score (nSPS) is 27.2. The van der Waals surface area contributed by atoms with E-state index in [-0.39, 0.29) is 5.92 Å². The molecule has 126 valence electrons. The van der Waals surface area contributed by atoms with Crippen LogP contribution in [0.5, 0.6) is 0 Å². The van der Waals surface area contributed by atoms with Gasteiger partial charge in [0.25, 0.3) is 0 Å². The number of aryl methyl sites for hydroxylation is 2. The number of rotatable bonds is 3. The van der Waals surface area contributed by atoms with Crippen molar-refractivity contribution >= 4 is 21.4 Å². The maximum absolute atomic E-state index is 12.8. The van der Waals surface area contributed by atoms with E-state index in [1.54, 1.807) is 10.4 Å². The van der Waals surface area contributed by atoms with Gasteiger partial charge in [-0.3, -0.25) is 4.90 Å². The van der Waals surface area contributed by atoms with E-state index in [0.29, 0.717) is 24.0 Å². The Hall–Kier alpha value is -0.940. The topological polar surface area (TPSA) is 64.4 Å². The van der Waals surface area contributed by atoms with Crippen LogP contribution >= 0.6 is 11.3 Å². The van der Waals surface area contributed by atoms with Crippen molar-refractivity contribution in [2.45, 2.75) is 44.0 Å². The quantitative estimate of drug-likeness (QED) is 0.837. The predicted octanol–water partition coefficient (Wildman–Crippen LogP) is 2.36. The lowest BCUT2D eigenvalue weighted by Crippen LogP contribution is -2.51. The highest BCUT2D eigenvalue weighted by Gasteiger charge is 2.35. The molecule has 1 saturated heterocycles. The third-order valence-electron chi connectivity index (χ3n) is 4.99. The summed E-state index contributed by atoms with van der Waals surface area (Å²) >= 11 is 1.54. The molecule has 2 aliphatic rings. The van der Waals surface area contributed by atoms with Gasteiger partial charge in [0.1, 0.15) is 0 Å². The second kappa shape index (κ2) is 6.52. The van der Waals surface area contributed by atoms with Gasteiger partial charge in [-0.15, -0.1) is 11.3 Å². The van der Waals surface area contributed by atoms with Crippen LogP contribution in [0, 0.1) is 31.1 Å². The van der Waals surface area contributed by atoms with Crippen LogP contribution in [0.4, 0.5) is 0 Å². The van der Waals surface area contributed by atoms with Crippen molar-refractivity contribution in [2.24, 2.45) is 5.92 Å². The first kappa shape index (κ1) is 16.9. The summed E-state index contributed by atoms with van der Waals surface area (Å²) in [6.45, 7) is 6.45. The first-order valence-electron chi connectivity index (χ1n) is 8.12. The Morgan fingerprint density at radius 2 is 1.91 bits per heavy atom. The van der Waals surface area contributed by atoms with Gasteiger partial charge in [0.15, 0.2) is 0 Å². The molecule has 0 spiro atoms. The van der Waals surface area contributed by atoms with Crippen LogP contribution in [0.3, 0.4) is 0 Å². The average Bonchev–Trinajstić information content (AvgIpc) is 3.14. The molecule has 1 aliphatic heterocycles. The van der Waals surface area contributed by atoms with Gasteiger partial charge in [-0.25, -0.2) is 8.42 Å². The minimum atomic E-state index is -3.37. The molecule has 23 heavy (non-hydrogen) atoms. The third kappa shape index (κ3) is 3.31. The largest absolute Gasteiger partial charge is 0.298 e. The monoisotopic (exact) mass is 353 g/mol. The number of piperazine rings is 1. The van der Waals surface area contributed by atoms with Gasteiger partial charge in [-0.2, -0.15) is 9.57 Å². The van der Waals surface area contributed by atoms with Gasteiger partial charge in [0.2, 0.25) is 10.0 Å². The fourth-order valence-electron chi connectivity index (χ4n) is 3.72. The molecule has 7 heteroatoms. The standard InChI is InChI=1S/C16H23N3O2S2/c1-12-9-16(13(2)22-12)23(20,21)19-7-5-18(6-8-19)15-4-3-14(10-15)11-17/h9,14-15H,3-8,10H2,1-2H3/t14-,15+/m0/s1. The number of nitriles is 1. The van der Waals surface area contributed by atoms with Crippen molar-refractivity contribution in [3.63, 3.8) is 0 Å². The Morgan fingerprint density at radius 3 is 2.43 bits per heavy atom. The molecule has 0 amide bonds. The summed E-state index contributed by atoms with van der Waals surface area (Å²) in [6, 6.07) is 4.61. The average molecular weight is 354 g/mol. The van der Waals surface area contributed by atoms with Gasteiger partial charge in [-0.05, 0) is 39.2 Å². The van der Waals surface area contributed by atoms with Gasteiger partial charge in [0, 0.05) is 47.9 Å². The van der Waals surface area contributed by atoms with E-state index in [0.717, 1.165) is 42.1 Å². The van der Waals surface area contributed by atoms with Crippen molar-refractivity contribution in [3.05, 3.63) is 15.8 Å². The van der Waals surface area contributed by atoms with E-state index in [1.165, 1.54) is 11.3 Å². The highest BCUT2D eigenvalue weighted by molar-refractivity contribution is 7.89. The van der Waals surface area contributed by atoms with E-state index in [1.807, 2.05) is 13.8 Å². The third-order valence-corrected chi connectivity index (χ3v) is 8.11. The zero-order valence-electron chi connectivity index (χ0n) is 13.7. The Labute approximate surface area is 142 Å². The first-order chi connectivity index (χ1) is 10.9. The number of hydrogen-bond donors (Lipinski definition) is 0. The molecule has 5 nitrogen and oxygen atoms in total. The number of hydrogen-bond acceptors (Lipinski definition) is 5. The van der Waals surface area contributed by atoms with Gasteiger partial charge in [-0.1, -0.05) is 0 Å². The lowest BCUT2D eigenvalue weighted by atomic mass is 10.1. The Balaban J connectivity index is 1.65. The molecule has 2 atom stereocenters. The number of nitrogens with zero attached hydrogens (tertiary/aromatic N) is 3. The van der Waals surface area contributed by atoms with Crippen LogP contribution < -0.4 is 0 Å².